The second-order valence-corrected chi connectivity index (χ2v) is 3.58. The lowest BCUT2D eigenvalue weighted by Gasteiger charge is -2.20. The van der Waals surface area contributed by atoms with Gasteiger partial charge >= 0.3 is 0 Å². The molecule has 1 aliphatic heterocycles. The van der Waals surface area contributed by atoms with Crippen LogP contribution in [0.4, 0.5) is 0 Å². The molecule has 2 atom stereocenters. The monoisotopic (exact) mass is 241 g/mol. The second kappa shape index (κ2) is 6.74. The SMILES string of the molecule is CNC(=O)/C=C\N(C=O)C1CCC(CN=O)O1. The molecule has 17 heavy (non-hydrogen) atoms. The Morgan fingerprint density at radius 3 is 2.94 bits per heavy atom. The fourth-order valence-electron chi connectivity index (χ4n) is 1.56. The smallest absolute Gasteiger partial charge is 0.245 e. The molecule has 0 radical (unpaired) electrons. The molecule has 1 rings (SSSR count). The van der Waals surface area contributed by atoms with Crippen LogP contribution in [0.2, 0.25) is 0 Å². The number of rotatable bonds is 6. The van der Waals surface area contributed by atoms with E-state index in [1.54, 1.807) is 0 Å². The van der Waals surface area contributed by atoms with Gasteiger partial charge in [0, 0.05) is 19.3 Å². The Labute approximate surface area is 98.8 Å². The first-order valence-corrected chi connectivity index (χ1v) is 5.28. The van der Waals surface area contributed by atoms with Crippen molar-refractivity contribution >= 4 is 12.3 Å². The van der Waals surface area contributed by atoms with Gasteiger partial charge < -0.3 is 10.1 Å². The van der Waals surface area contributed by atoms with E-state index in [9.17, 15) is 14.5 Å². The number of amides is 2. The molecule has 1 N–H and O–H groups in total. The molecule has 7 heteroatoms. The minimum absolute atomic E-state index is 0.0857. The molecule has 7 nitrogen and oxygen atoms in total. The number of hydrogen-bond acceptors (Lipinski definition) is 5. The van der Waals surface area contributed by atoms with Gasteiger partial charge in [0.25, 0.3) is 0 Å². The van der Waals surface area contributed by atoms with Crippen molar-refractivity contribution in [3.05, 3.63) is 17.2 Å². The Hall–Kier alpha value is -1.76. The van der Waals surface area contributed by atoms with Crippen molar-refractivity contribution in [2.75, 3.05) is 13.6 Å². The van der Waals surface area contributed by atoms with Crippen LogP contribution in [0.25, 0.3) is 0 Å². The quantitative estimate of drug-likeness (QED) is 0.402. The van der Waals surface area contributed by atoms with E-state index in [4.69, 9.17) is 4.74 Å². The standard InChI is InChI=1S/C10H15N3O4/c1-11-9(15)4-5-13(7-14)10-3-2-8(17-10)6-12-16/h4-5,7-8,10H,2-3,6H2,1H3,(H,11,15)/b5-4-. The largest absolute Gasteiger partial charge is 0.356 e. The highest BCUT2D eigenvalue weighted by molar-refractivity contribution is 5.87. The Bertz CT molecular complexity index is 319. The maximum Gasteiger partial charge on any atom is 0.245 e. The van der Waals surface area contributed by atoms with E-state index in [1.165, 1.54) is 24.2 Å². The van der Waals surface area contributed by atoms with Gasteiger partial charge in [-0.15, -0.1) is 0 Å². The van der Waals surface area contributed by atoms with E-state index in [0.29, 0.717) is 19.3 Å². The number of carbonyl (C=O) groups excluding carboxylic acids is 2. The third-order valence-corrected chi connectivity index (χ3v) is 2.46. The molecule has 2 unspecified atom stereocenters. The number of nitrogens with zero attached hydrogens (tertiary/aromatic N) is 2. The van der Waals surface area contributed by atoms with Crippen LogP contribution in [0.3, 0.4) is 0 Å². The first-order chi connectivity index (χ1) is 8.21. The minimum atomic E-state index is -0.430. The zero-order valence-corrected chi connectivity index (χ0v) is 9.54. The third kappa shape index (κ3) is 3.95. The maximum absolute atomic E-state index is 11.0. The van der Waals surface area contributed by atoms with Crippen molar-refractivity contribution in [1.29, 1.82) is 0 Å². The number of nitrogens with one attached hydrogen (secondary N) is 1. The summed E-state index contributed by atoms with van der Waals surface area (Å²) in [4.78, 5) is 33.2. The molecular weight excluding hydrogens is 226 g/mol. The van der Waals surface area contributed by atoms with Gasteiger partial charge in [-0.05, 0) is 12.8 Å². The van der Waals surface area contributed by atoms with Gasteiger partial charge in [0.05, 0.1) is 6.10 Å². The summed E-state index contributed by atoms with van der Waals surface area (Å²) in [6.07, 6.45) is 3.80. The molecule has 0 saturated carbocycles. The summed E-state index contributed by atoms with van der Waals surface area (Å²) in [6, 6.07) is 0. The van der Waals surface area contributed by atoms with E-state index in [2.05, 4.69) is 10.5 Å². The Morgan fingerprint density at radius 1 is 1.59 bits per heavy atom. The third-order valence-electron chi connectivity index (χ3n) is 2.46. The second-order valence-electron chi connectivity index (χ2n) is 3.58. The van der Waals surface area contributed by atoms with Crippen molar-refractivity contribution in [3.8, 4) is 0 Å². The van der Waals surface area contributed by atoms with E-state index >= 15 is 0 Å². The van der Waals surface area contributed by atoms with E-state index in [-0.39, 0.29) is 18.6 Å². The predicted octanol–water partition coefficient (Wildman–Crippen LogP) is -0.0240. The number of likely N-dealkylation sites (N-methyl/N-ethyl adjacent to an activating group) is 1. The van der Waals surface area contributed by atoms with Gasteiger partial charge in [-0.25, -0.2) is 0 Å². The van der Waals surface area contributed by atoms with Crippen molar-refractivity contribution < 1.29 is 14.3 Å². The zero-order chi connectivity index (χ0) is 12.7. The highest BCUT2D eigenvalue weighted by Crippen LogP contribution is 2.22. The molecule has 2 amide bonds. The number of hydrogen-bond donors (Lipinski definition) is 1. The molecule has 1 aliphatic rings. The molecule has 0 aliphatic carbocycles. The van der Waals surface area contributed by atoms with Crippen molar-refractivity contribution in [2.24, 2.45) is 5.18 Å². The number of nitroso groups, excluding NO2 is 1. The minimum Gasteiger partial charge on any atom is -0.356 e. The number of ether oxygens (including phenoxy) is 1. The van der Waals surface area contributed by atoms with Crippen LogP contribution in [-0.2, 0) is 14.3 Å². The van der Waals surface area contributed by atoms with Gasteiger partial charge in [-0.3, -0.25) is 14.5 Å². The van der Waals surface area contributed by atoms with Crippen LogP contribution >= 0.6 is 0 Å². The lowest BCUT2D eigenvalue weighted by molar-refractivity contribution is -0.126. The van der Waals surface area contributed by atoms with E-state index in [0.717, 1.165) is 0 Å². The highest BCUT2D eigenvalue weighted by Gasteiger charge is 2.28. The topological polar surface area (TPSA) is 88.1 Å². The van der Waals surface area contributed by atoms with Crippen molar-refractivity contribution in [1.82, 2.24) is 10.2 Å². The summed E-state index contributed by atoms with van der Waals surface area (Å²) < 4.78 is 5.44. The van der Waals surface area contributed by atoms with Gasteiger partial charge in [0.1, 0.15) is 12.8 Å². The molecule has 0 aromatic rings. The average Bonchev–Trinajstić information content (AvgIpc) is 2.78. The normalized spacial score (nSPS) is 23.6. The maximum atomic E-state index is 11.0. The summed E-state index contributed by atoms with van der Waals surface area (Å²) in [5, 5.41) is 5.16. The number of carbonyl (C=O) groups is 2. The molecule has 0 aromatic carbocycles. The average molecular weight is 241 g/mol. The summed E-state index contributed by atoms with van der Waals surface area (Å²) in [5.74, 6) is -0.305. The lowest BCUT2D eigenvalue weighted by Crippen LogP contribution is -2.30. The summed E-state index contributed by atoms with van der Waals surface area (Å²) in [7, 11) is 1.50. The van der Waals surface area contributed by atoms with Crippen LogP contribution < -0.4 is 5.32 Å². The summed E-state index contributed by atoms with van der Waals surface area (Å²) >= 11 is 0. The predicted molar refractivity (Wildman–Crippen MR) is 59.7 cm³/mol. The Balaban J connectivity index is 2.51. The van der Waals surface area contributed by atoms with Crippen LogP contribution in [0.5, 0.6) is 0 Å². The summed E-state index contributed by atoms with van der Waals surface area (Å²) in [5.41, 5.74) is 0. The highest BCUT2D eigenvalue weighted by atomic mass is 16.5. The van der Waals surface area contributed by atoms with Gasteiger partial charge in [0.2, 0.25) is 12.3 Å². The fourth-order valence-corrected chi connectivity index (χ4v) is 1.56. The molecule has 1 fully saturated rings. The van der Waals surface area contributed by atoms with E-state index in [1.807, 2.05) is 0 Å². The van der Waals surface area contributed by atoms with Crippen molar-refractivity contribution in [3.63, 3.8) is 0 Å². The lowest BCUT2D eigenvalue weighted by atomic mass is 10.2. The Kier molecular flexibility index (Phi) is 5.28. The fraction of sp³-hybridized carbons (Fsp3) is 0.600. The van der Waals surface area contributed by atoms with Gasteiger partial charge in [-0.2, -0.15) is 4.91 Å². The molecule has 0 bridgehead atoms. The molecule has 1 heterocycles. The van der Waals surface area contributed by atoms with Crippen LogP contribution in [0, 0.1) is 4.91 Å². The zero-order valence-electron chi connectivity index (χ0n) is 9.54. The van der Waals surface area contributed by atoms with Crippen LogP contribution in [0.1, 0.15) is 12.8 Å². The Morgan fingerprint density at radius 2 is 2.35 bits per heavy atom. The van der Waals surface area contributed by atoms with Crippen LogP contribution in [-0.4, -0.2) is 43.1 Å². The molecular formula is C10H15N3O4. The van der Waals surface area contributed by atoms with Crippen molar-refractivity contribution in [2.45, 2.75) is 25.2 Å². The molecule has 0 aromatic heterocycles. The van der Waals surface area contributed by atoms with Gasteiger partial charge in [-0.1, -0.05) is 5.18 Å². The van der Waals surface area contributed by atoms with Gasteiger partial charge in [0.15, 0.2) is 0 Å². The van der Waals surface area contributed by atoms with E-state index < -0.39 is 6.23 Å². The molecule has 0 spiro atoms. The first kappa shape index (κ1) is 13.3. The molecule has 1 saturated heterocycles. The van der Waals surface area contributed by atoms with Crippen LogP contribution in [0.15, 0.2) is 17.5 Å². The summed E-state index contributed by atoms with van der Waals surface area (Å²) in [6.45, 7) is 0.0857. The molecule has 94 valence electrons. The first-order valence-electron chi connectivity index (χ1n) is 5.28.